The first-order valence-electron chi connectivity index (χ1n) is 17.0. The predicted molar refractivity (Wildman–Crippen MR) is 191 cm³/mol. The molecule has 1 saturated heterocycles. The van der Waals surface area contributed by atoms with Crippen molar-refractivity contribution in [3.8, 4) is 16.9 Å². The molecule has 48 heavy (non-hydrogen) atoms. The molecule has 0 saturated carbocycles. The van der Waals surface area contributed by atoms with Crippen LogP contribution in [0.25, 0.3) is 28.0 Å². The van der Waals surface area contributed by atoms with Crippen LogP contribution in [0, 0.1) is 5.82 Å². The van der Waals surface area contributed by atoms with Crippen LogP contribution in [0.4, 0.5) is 10.2 Å². The van der Waals surface area contributed by atoms with Crippen LogP contribution in [0.5, 0.6) is 0 Å². The predicted octanol–water partition coefficient (Wildman–Crippen LogP) is 6.68. The zero-order valence-corrected chi connectivity index (χ0v) is 29.5. The number of nitrogens with zero attached hydrogens (tertiary/aromatic N) is 7. The van der Waals surface area contributed by atoms with Gasteiger partial charge in [-0.15, -0.1) is 0 Å². The highest BCUT2D eigenvalue weighted by atomic mass is 19.1. The zero-order valence-electron chi connectivity index (χ0n) is 29.5. The van der Waals surface area contributed by atoms with Crippen molar-refractivity contribution in [3.05, 3.63) is 88.4 Å². The average molecular weight is 654 g/mol. The largest absolute Gasteiger partial charge is 0.355 e. The first kappa shape index (κ1) is 34.9. The summed E-state index contributed by atoms with van der Waals surface area (Å²) in [6, 6.07) is 10.7. The van der Waals surface area contributed by atoms with E-state index in [0.717, 1.165) is 29.9 Å². The minimum atomic E-state index is -0.514. The molecule has 2 atom stereocenters. The molecule has 1 aliphatic rings. The van der Waals surface area contributed by atoms with Gasteiger partial charge in [0.1, 0.15) is 17.3 Å². The number of pyridine rings is 2. The first-order chi connectivity index (χ1) is 22.9. The Morgan fingerprint density at radius 2 is 1.75 bits per heavy atom. The van der Waals surface area contributed by atoms with Gasteiger partial charge in [-0.2, -0.15) is 4.98 Å². The lowest BCUT2D eigenvalue weighted by Crippen LogP contribution is -2.58. The van der Waals surface area contributed by atoms with Crippen molar-refractivity contribution in [2.75, 3.05) is 31.1 Å². The van der Waals surface area contributed by atoms with Gasteiger partial charge in [0.05, 0.1) is 16.8 Å². The third kappa shape index (κ3) is 6.50. The van der Waals surface area contributed by atoms with Gasteiger partial charge in [-0.1, -0.05) is 72.4 Å². The van der Waals surface area contributed by atoms with Crippen molar-refractivity contribution in [1.29, 1.82) is 0 Å². The Morgan fingerprint density at radius 1 is 1.04 bits per heavy atom. The van der Waals surface area contributed by atoms with Crippen molar-refractivity contribution in [2.24, 2.45) is 0 Å². The van der Waals surface area contributed by atoms with Gasteiger partial charge in [-0.3, -0.25) is 14.7 Å². The number of amides is 1. The van der Waals surface area contributed by atoms with Gasteiger partial charge in [0.15, 0.2) is 5.65 Å². The molecule has 1 fully saturated rings. The quantitative estimate of drug-likeness (QED) is 0.177. The summed E-state index contributed by atoms with van der Waals surface area (Å²) in [7, 11) is 0. The number of fused-ring (bicyclic) bond motifs is 1. The van der Waals surface area contributed by atoms with E-state index in [4.69, 9.17) is 9.97 Å². The van der Waals surface area contributed by atoms with Crippen molar-refractivity contribution in [1.82, 2.24) is 29.3 Å². The minimum absolute atomic E-state index is 0.0174. The number of hydrogen-bond acceptors (Lipinski definition) is 7. The minimum Gasteiger partial charge on any atom is -0.349 e. The second kappa shape index (κ2) is 14.4. The number of benzene rings is 1. The molecule has 0 radical (unpaired) electrons. The van der Waals surface area contributed by atoms with Crippen LogP contribution in [0.1, 0.15) is 84.0 Å². The molecular weight excluding hydrogens is 605 g/mol. The fraction of sp³-hybridized carbons (Fsp3) is 0.447. The summed E-state index contributed by atoms with van der Waals surface area (Å²) in [5.74, 6) is -0.190. The Labute approximate surface area is 283 Å². The van der Waals surface area contributed by atoms with Crippen LogP contribution in [-0.4, -0.2) is 73.5 Å². The van der Waals surface area contributed by atoms with Crippen molar-refractivity contribution in [2.45, 2.75) is 85.9 Å². The normalized spacial score (nSPS) is 16.8. The summed E-state index contributed by atoms with van der Waals surface area (Å²) in [4.78, 5) is 47.7. The molecule has 254 valence electrons. The van der Waals surface area contributed by atoms with Crippen LogP contribution in [0.2, 0.25) is 0 Å². The van der Waals surface area contributed by atoms with Gasteiger partial charge in [0.2, 0.25) is 5.91 Å². The molecule has 1 amide bonds. The summed E-state index contributed by atoms with van der Waals surface area (Å²) < 4.78 is 18.0. The van der Waals surface area contributed by atoms with E-state index in [1.54, 1.807) is 15.7 Å². The number of rotatable bonds is 10. The number of carbonyl (C=O) groups excluding carboxylic acids is 1. The lowest BCUT2D eigenvalue weighted by atomic mass is 9.94. The standard InChI is InChI=1S/C38H48FN7O2/c1-10-32(47)44-20-26(9)45(21-25(44)8)36-30-19-31(39)34(29-16-14-13-15-28(29)23(4)5)41-37(30)46(38(48)42-36)35-27(22-43(11-2)12-3)17-18-40-33(35)24(6)7/h10,13-19,23-26H,1,11-12,20-22H2,2-9H3. The van der Waals surface area contributed by atoms with E-state index in [-0.39, 0.29) is 35.5 Å². The summed E-state index contributed by atoms with van der Waals surface area (Å²) in [5, 5.41) is 0.424. The number of halogens is 1. The number of piperazine rings is 1. The fourth-order valence-electron chi connectivity index (χ4n) is 6.79. The van der Waals surface area contributed by atoms with Crippen LogP contribution < -0.4 is 10.6 Å². The molecule has 0 N–H and O–H groups in total. The number of aromatic nitrogens is 4. The van der Waals surface area contributed by atoms with Crippen LogP contribution in [0.3, 0.4) is 0 Å². The Kier molecular flexibility index (Phi) is 10.4. The maximum absolute atomic E-state index is 16.5. The summed E-state index contributed by atoms with van der Waals surface area (Å²) in [6.07, 6.45) is 3.11. The topological polar surface area (TPSA) is 87.5 Å². The van der Waals surface area contributed by atoms with Crippen LogP contribution in [0.15, 0.2) is 60.0 Å². The highest BCUT2D eigenvalue weighted by Crippen LogP contribution is 2.36. The Bertz CT molecular complexity index is 1880. The molecule has 2 unspecified atom stereocenters. The van der Waals surface area contributed by atoms with E-state index in [1.807, 2.05) is 62.9 Å². The van der Waals surface area contributed by atoms with Gasteiger partial charge in [-0.25, -0.2) is 18.7 Å². The smallest absolute Gasteiger partial charge is 0.349 e. The Morgan fingerprint density at radius 3 is 2.40 bits per heavy atom. The van der Waals surface area contributed by atoms with Crippen molar-refractivity contribution < 1.29 is 9.18 Å². The summed E-state index contributed by atoms with van der Waals surface area (Å²) in [6.45, 7) is 23.1. The lowest BCUT2D eigenvalue weighted by Gasteiger charge is -2.44. The number of carbonyl (C=O) groups is 1. The molecule has 0 aliphatic carbocycles. The molecule has 10 heteroatoms. The van der Waals surface area contributed by atoms with E-state index in [2.05, 4.69) is 44.2 Å². The highest BCUT2D eigenvalue weighted by molar-refractivity contribution is 5.91. The molecule has 1 aromatic carbocycles. The van der Waals surface area contributed by atoms with Gasteiger partial charge in [-0.05, 0) is 68.1 Å². The second-order valence-corrected chi connectivity index (χ2v) is 13.4. The lowest BCUT2D eigenvalue weighted by molar-refractivity contribution is -0.128. The molecule has 4 heterocycles. The maximum atomic E-state index is 16.5. The number of anilines is 1. The molecule has 4 aromatic rings. The Balaban J connectivity index is 1.86. The van der Waals surface area contributed by atoms with E-state index in [0.29, 0.717) is 47.7 Å². The number of hydrogen-bond donors (Lipinski definition) is 0. The van der Waals surface area contributed by atoms with Crippen LogP contribution in [-0.2, 0) is 11.3 Å². The molecule has 5 rings (SSSR count). The van der Waals surface area contributed by atoms with E-state index in [1.165, 1.54) is 12.1 Å². The van der Waals surface area contributed by atoms with Gasteiger partial charge in [0, 0.05) is 43.5 Å². The Hall–Kier alpha value is -4.44. The summed E-state index contributed by atoms with van der Waals surface area (Å²) >= 11 is 0. The van der Waals surface area contributed by atoms with Gasteiger partial charge < -0.3 is 9.80 Å². The maximum Gasteiger partial charge on any atom is 0.355 e. The molecule has 0 bridgehead atoms. The monoisotopic (exact) mass is 653 g/mol. The van der Waals surface area contributed by atoms with E-state index < -0.39 is 11.5 Å². The average Bonchev–Trinajstić information content (AvgIpc) is 3.07. The SMILES string of the molecule is C=CC(=O)N1CC(C)N(c2nc(=O)n(-c3c(CN(CC)CC)ccnc3C(C)C)c3nc(-c4ccccc4C(C)C)c(F)cc23)CC1C. The molecule has 3 aromatic heterocycles. The molecule has 9 nitrogen and oxygen atoms in total. The zero-order chi connectivity index (χ0) is 34.9. The highest BCUT2D eigenvalue weighted by Gasteiger charge is 2.34. The first-order valence-corrected chi connectivity index (χ1v) is 17.0. The van der Waals surface area contributed by atoms with Gasteiger partial charge in [0.25, 0.3) is 0 Å². The second-order valence-electron chi connectivity index (χ2n) is 13.4. The molecular formula is C38H48FN7O2. The summed E-state index contributed by atoms with van der Waals surface area (Å²) in [5.41, 5.74) is 3.93. The van der Waals surface area contributed by atoms with Crippen molar-refractivity contribution in [3.63, 3.8) is 0 Å². The van der Waals surface area contributed by atoms with E-state index in [9.17, 15) is 9.59 Å². The molecule has 0 spiro atoms. The van der Waals surface area contributed by atoms with Crippen LogP contribution >= 0.6 is 0 Å². The fourth-order valence-corrected chi connectivity index (χ4v) is 6.79. The van der Waals surface area contributed by atoms with E-state index >= 15 is 4.39 Å². The third-order valence-corrected chi connectivity index (χ3v) is 9.45. The van der Waals surface area contributed by atoms with Crippen molar-refractivity contribution >= 4 is 22.8 Å². The third-order valence-electron chi connectivity index (χ3n) is 9.45. The van der Waals surface area contributed by atoms with Gasteiger partial charge >= 0.3 is 5.69 Å². The molecule has 1 aliphatic heterocycles.